The van der Waals surface area contributed by atoms with Crippen LogP contribution in [0.4, 0.5) is 29.6 Å². The van der Waals surface area contributed by atoms with Crippen molar-refractivity contribution in [2.24, 2.45) is 5.73 Å². The van der Waals surface area contributed by atoms with Crippen LogP contribution in [0.2, 0.25) is 0 Å². The minimum atomic E-state index is -4.95. The molecule has 206 valence electrons. The fourth-order valence-electron chi connectivity index (χ4n) is 3.68. The zero-order valence-corrected chi connectivity index (χ0v) is 20.2. The first-order valence-electron chi connectivity index (χ1n) is 11.6. The Morgan fingerprint density at radius 2 is 1.87 bits per heavy atom. The van der Waals surface area contributed by atoms with Gasteiger partial charge in [-0.1, -0.05) is 12.1 Å². The number of para-hydroxylation sites is 2. The number of hydrogen-bond acceptors (Lipinski definition) is 7. The standard InChI is InChI=1S/C22H28F3N9O4/c23-22(24,25)38-16-5-2-1-4-15(16)30-21(37)32-20-29-13-14(18(36)31-20)12-17(35)34-10-8-33(9-11-34)7-3-6-28-19(26)27/h1-2,4-5,13H,3,6-12H2,(H4,26,27,28)(H3,29,30,31,32,36,37). The Labute approximate surface area is 215 Å². The van der Waals surface area contributed by atoms with Crippen molar-refractivity contribution in [1.82, 2.24) is 25.1 Å². The first-order chi connectivity index (χ1) is 18.0. The average Bonchev–Trinajstić information content (AvgIpc) is 2.84. The van der Waals surface area contributed by atoms with Crippen LogP contribution in [0, 0.1) is 5.41 Å². The van der Waals surface area contributed by atoms with Gasteiger partial charge in [0.2, 0.25) is 11.9 Å². The molecule has 0 saturated carbocycles. The highest BCUT2D eigenvalue weighted by molar-refractivity contribution is 5.99. The summed E-state index contributed by atoms with van der Waals surface area (Å²) in [7, 11) is 0. The topological polar surface area (TPSA) is 182 Å². The maximum absolute atomic E-state index is 12.7. The predicted molar refractivity (Wildman–Crippen MR) is 132 cm³/mol. The number of carbonyl (C=O) groups excluding carboxylic acids is 2. The second-order valence-corrected chi connectivity index (χ2v) is 8.30. The molecular weight excluding hydrogens is 511 g/mol. The second-order valence-electron chi connectivity index (χ2n) is 8.30. The van der Waals surface area contributed by atoms with Crippen molar-refractivity contribution in [2.45, 2.75) is 19.2 Å². The normalized spacial score (nSPS) is 14.0. The lowest BCUT2D eigenvalue weighted by atomic mass is 10.2. The molecule has 13 nitrogen and oxygen atoms in total. The summed E-state index contributed by atoms with van der Waals surface area (Å²) >= 11 is 0. The third-order valence-electron chi connectivity index (χ3n) is 5.50. The molecule has 0 radical (unpaired) electrons. The van der Waals surface area contributed by atoms with E-state index in [1.54, 1.807) is 4.90 Å². The van der Waals surface area contributed by atoms with Crippen molar-refractivity contribution in [3.05, 3.63) is 46.4 Å². The Hall–Kier alpha value is -4.34. The summed E-state index contributed by atoms with van der Waals surface area (Å²) in [6.07, 6.45) is -3.07. The van der Waals surface area contributed by atoms with Crippen molar-refractivity contribution in [2.75, 3.05) is 49.9 Å². The van der Waals surface area contributed by atoms with E-state index >= 15 is 0 Å². The molecule has 1 aliphatic heterocycles. The zero-order chi connectivity index (χ0) is 27.7. The second kappa shape index (κ2) is 12.8. The van der Waals surface area contributed by atoms with E-state index in [1.165, 1.54) is 24.4 Å². The zero-order valence-electron chi connectivity index (χ0n) is 20.2. The van der Waals surface area contributed by atoms with Gasteiger partial charge >= 0.3 is 12.4 Å². The number of hydrogen-bond donors (Lipinski definition) is 6. The number of anilines is 2. The van der Waals surface area contributed by atoms with Gasteiger partial charge in [-0.25, -0.2) is 4.79 Å². The number of aromatic nitrogens is 2. The molecule has 1 fully saturated rings. The number of alkyl halides is 3. The minimum absolute atomic E-state index is 0.0716. The van der Waals surface area contributed by atoms with Gasteiger partial charge < -0.3 is 31.0 Å². The molecule has 2 heterocycles. The number of ether oxygens (including phenoxy) is 1. The third-order valence-corrected chi connectivity index (χ3v) is 5.50. The molecule has 1 aliphatic rings. The summed E-state index contributed by atoms with van der Waals surface area (Å²) < 4.78 is 41.5. The molecule has 0 atom stereocenters. The number of aromatic amines is 1. The number of carbonyl (C=O) groups is 2. The van der Waals surface area contributed by atoms with Gasteiger partial charge in [-0.15, -0.1) is 13.2 Å². The SMILES string of the molecule is N=C(N)NCCCN1CCN(C(=O)Cc2c[nH]c(NC(=O)Nc3ccccc3OC(F)(F)F)nc2=O)CC1. The van der Waals surface area contributed by atoms with Crippen LogP contribution in [0.3, 0.4) is 0 Å². The lowest BCUT2D eigenvalue weighted by Gasteiger charge is -2.34. The predicted octanol–water partition coefficient (Wildman–Crippen LogP) is 0.872. The summed E-state index contributed by atoms with van der Waals surface area (Å²) in [6.45, 7) is 3.75. The van der Waals surface area contributed by atoms with Crippen LogP contribution in [-0.4, -0.2) is 83.3 Å². The van der Waals surface area contributed by atoms with Gasteiger partial charge in [-0.3, -0.25) is 25.2 Å². The van der Waals surface area contributed by atoms with E-state index in [0.717, 1.165) is 19.0 Å². The Balaban J connectivity index is 1.49. The van der Waals surface area contributed by atoms with Crippen LogP contribution >= 0.6 is 0 Å². The third kappa shape index (κ3) is 8.95. The fraction of sp³-hybridized carbons (Fsp3) is 0.409. The van der Waals surface area contributed by atoms with Gasteiger partial charge in [0.25, 0.3) is 5.56 Å². The number of nitrogens with zero attached hydrogens (tertiary/aromatic N) is 3. The molecule has 0 spiro atoms. The monoisotopic (exact) mass is 539 g/mol. The maximum Gasteiger partial charge on any atom is 0.573 e. The number of benzene rings is 1. The first-order valence-corrected chi connectivity index (χ1v) is 11.6. The molecule has 0 unspecified atom stereocenters. The average molecular weight is 540 g/mol. The highest BCUT2D eigenvalue weighted by atomic mass is 19.4. The van der Waals surface area contributed by atoms with Crippen LogP contribution in [0.15, 0.2) is 35.3 Å². The van der Waals surface area contributed by atoms with Gasteiger partial charge in [-0.2, -0.15) is 4.98 Å². The van der Waals surface area contributed by atoms with Gasteiger partial charge in [0.15, 0.2) is 11.7 Å². The first kappa shape index (κ1) is 28.2. The van der Waals surface area contributed by atoms with Gasteiger partial charge in [0, 0.05) is 44.5 Å². The van der Waals surface area contributed by atoms with E-state index in [1.807, 2.05) is 0 Å². The number of halogens is 3. The maximum atomic E-state index is 12.7. The Bertz CT molecular complexity index is 1200. The quantitative estimate of drug-likeness (QED) is 0.154. The lowest BCUT2D eigenvalue weighted by Crippen LogP contribution is -2.49. The highest BCUT2D eigenvalue weighted by Crippen LogP contribution is 2.29. The van der Waals surface area contributed by atoms with Crippen LogP contribution in [0.5, 0.6) is 5.75 Å². The summed E-state index contributed by atoms with van der Waals surface area (Å²) in [5.41, 5.74) is 4.36. The molecule has 38 heavy (non-hydrogen) atoms. The fourth-order valence-corrected chi connectivity index (χ4v) is 3.68. The molecule has 0 bridgehead atoms. The number of rotatable bonds is 9. The van der Waals surface area contributed by atoms with Gasteiger partial charge in [0.05, 0.1) is 12.1 Å². The van der Waals surface area contributed by atoms with E-state index in [0.29, 0.717) is 32.7 Å². The molecule has 3 amide bonds. The van der Waals surface area contributed by atoms with E-state index in [2.05, 4.69) is 35.6 Å². The van der Waals surface area contributed by atoms with Crippen LogP contribution in [0.25, 0.3) is 0 Å². The molecule has 1 saturated heterocycles. The summed E-state index contributed by atoms with van der Waals surface area (Å²) in [4.78, 5) is 47.4. The smallest absolute Gasteiger partial charge is 0.404 e. The number of piperazine rings is 1. The molecule has 7 N–H and O–H groups in total. The van der Waals surface area contributed by atoms with Crippen molar-refractivity contribution in [3.8, 4) is 5.75 Å². The number of guanidine groups is 1. The lowest BCUT2D eigenvalue weighted by molar-refractivity contribution is -0.274. The molecule has 16 heteroatoms. The van der Waals surface area contributed by atoms with Crippen molar-refractivity contribution in [3.63, 3.8) is 0 Å². The highest BCUT2D eigenvalue weighted by Gasteiger charge is 2.32. The molecule has 2 aromatic rings. The largest absolute Gasteiger partial charge is 0.573 e. The summed E-state index contributed by atoms with van der Waals surface area (Å²) in [6, 6.07) is 3.98. The number of amides is 3. The van der Waals surface area contributed by atoms with E-state index in [9.17, 15) is 27.6 Å². The molecule has 3 rings (SSSR count). The van der Waals surface area contributed by atoms with Crippen molar-refractivity contribution < 1.29 is 27.5 Å². The van der Waals surface area contributed by atoms with Crippen LogP contribution in [0.1, 0.15) is 12.0 Å². The van der Waals surface area contributed by atoms with Crippen molar-refractivity contribution >= 4 is 29.5 Å². The van der Waals surface area contributed by atoms with Gasteiger partial charge in [-0.05, 0) is 25.1 Å². The van der Waals surface area contributed by atoms with Gasteiger partial charge in [0.1, 0.15) is 0 Å². The van der Waals surface area contributed by atoms with E-state index in [-0.39, 0.29) is 35.5 Å². The summed E-state index contributed by atoms with van der Waals surface area (Å²) in [5, 5.41) is 14.3. The number of urea groups is 1. The number of nitrogens with two attached hydrogens (primary N) is 1. The van der Waals surface area contributed by atoms with Crippen LogP contribution in [-0.2, 0) is 11.2 Å². The number of H-pyrrole nitrogens is 1. The summed E-state index contributed by atoms with van der Waals surface area (Å²) in [5.74, 6) is -1.19. The van der Waals surface area contributed by atoms with Crippen molar-refractivity contribution in [1.29, 1.82) is 5.41 Å². The Kier molecular flexibility index (Phi) is 9.48. The number of nitrogens with one attached hydrogen (secondary N) is 5. The molecular formula is C22H28F3N9O4. The Morgan fingerprint density at radius 1 is 1.16 bits per heavy atom. The molecule has 1 aromatic heterocycles. The molecule has 1 aromatic carbocycles. The van der Waals surface area contributed by atoms with E-state index in [4.69, 9.17) is 11.1 Å². The minimum Gasteiger partial charge on any atom is -0.404 e. The molecule has 0 aliphatic carbocycles. The Morgan fingerprint density at radius 3 is 2.53 bits per heavy atom. The van der Waals surface area contributed by atoms with Crippen LogP contribution < -0.4 is 32.0 Å². The van der Waals surface area contributed by atoms with E-state index < -0.39 is 23.7 Å².